The zero-order valence-electron chi connectivity index (χ0n) is 16.2. The molecule has 4 rings (SSSR count). The summed E-state index contributed by atoms with van der Waals surface area (Å²) in [5.74, 6) is 0.997. The van der Waals surface area contributed by atoms with Crippen LogP contribution < -0.4 is 20.5 Å². The Morgan fingerprint density at radius 3 is 2.62 bits per heavy atom. The van der Waals surface area contributed by atoms with Crippen molar-refractivity contribution >= 4 is 5.91 Å². The smallest absolute Gasteiger partial charge is 0.345 e. The number of primary amides is 1. The summed E-state index contributed by atoms with van der Waals surface area (Å²) in [6, 6.07) is 13.4. The Morgan fingerprint density at radius 1 is 1.17 bits per heavy atom. The van der Waals surface area contributed by atoms with E-state index in [1.165, 1.54) is 4.68 Å². The molecule has 1 aliphatic rings. The molecule has 1 aliphatic heterocycles. The number of nitrogens with zero attached hydrogens (tertiary/aromatic N) is 4. The van der Waals surface area contributed by atoms with Crippen molar-refractivity contribution in [3.63, 3.8) is 0 Å². The van der Waals surface area contributed by atoms with Crippen LogP contribution in [0.1, 0.15) is 30.0 Å². The van der Waals surface area contributed by atoms with Crippen molar-refractivity contribution in [2.45, 2.75) is 31.8 Å². The summed E-state index contributed by atoms with van der Waals surface area (Å²) in [6.07, 6.45) is 1.61. The molecular weight excluding hydrogens is 372 g/mol. The largest absolute Gasteiger partial charge is 0.497 e. The quantitative estimate of drug-likeness (QED) is 0.657. The summed E-state index contributed by atoms with van der Waals surface area (Å²) >= 11 is 0. The second-order valence-electron chi connectivity index (χ2n) is 6.95. The monoisotopic (exact) mass is 394 g/mol. The van der Waals surface area contributed by atoms with Crippen LogP contribution in [0.2, 0.25) is 0 Å². The molecule has 2 unspecified atom stereocenters. The number of methoxy groups -OCH3 is 1. The van der Waals surface area contributed by atoms with E-state index in [2.05, 4.69) is 20.8 Å². The molecule has 0 saturated carbocycles. The van der Waals surface area contributed by atoms with E-state index >= 15 is 0 Å². The Balaban J connectivity index is 1.52. The topological polar surface area (TPSA) is 117 Å². The van der Waals surface area contributed by atoms with Crippen molar-refractivity contribution < 1.29 is 14.3 Å². The first-order chi connectivity index (χ1) is 14.0. The van der Waals surface area contributed by atoms with Crippen LogP contribution in [-0.4, -0.2) is 39.3 Å². The molecule has 9 nitrogen and oxygen atoms in total. The Kier molecular flexibility index (Phi) is 5.13. The Hall–Kier alpha value is -3.46. The minimum Gasteiger partial charge on any atom is -0.497 e. The highest BCUT2D eigenvalue weighted by atomic mass is 16.5. The molecule has 2 aromatic carbocycles. The van der Waals surface area contributed by atoms with Gasteiger partial charge in [0.1, 0.15) is 11.5 Å². The average molecular weight is 394 g/mol. The molecule has 0 spiro atoms. The first-order valence-electron chi connectivity index (χ1n) is 9.31. The standard InChI is InChI=1S/C20H22N6O3/c1-12-3-6-15(28-2)11-18(12)26-20(23-24-25-26)29-14-7-4-13(5-8-14)16-9-10-17(22-16)19(21)27/h3-8,11,16-17,22H,9-10H2,1-2H3,(H2,21,27). The Bertz CT molecular complexity index is 1020. The lowest BCUT2D eigenvalue weighted by atomic mass is 10.1. The van der Waals surface area contributed by atoms with Gasteiger partial charge >= 0.3 is 6.01 Å². The second kappa shape index (κ2) is 7.88. The van der Waals surface area contributed by atoms with Crippen molar-refractivity contribution in [3.05, 3.63) is 53.6 Å². The lowest BCUT2D eigenvalue weighted by Gasteiger charge is -2.13. The fraction of sp³-hybridized carbons (Fsp3) is 0.300. The number of hydrogen-bond acceptors (Lipinski definition) is 7. The molecule has 0 aliphatic carbocycles. The SMILES string of the molecule is COc1ccc(C)c(-n2nnnc2Oc2ccc(C3CCC(C(N)=O)N3)cc2)c1. The van der Waals surface area contributed by atoms with E-state index in [1.807, 2.05) is 49.4 Å². The first kappa shape index (κ1) is 18.9. The Labute approximate surface area is 167 Å². The van der Waals surface area contributed by atoms with Gasteiger partial charge in [-0.1, -0.05) is 23.3 Å². The normalized spacial score (nSPS) is 18.6. The van der Waals surface area contributed by atoms with Gasteiger partial charge in [0.05, 0.1) is 18.8 Å². The first-order valence-corrected chi connectivity index (χ1v) is 9.31. The highest BCUT2D eigenvalue weighted by molar-refractivity contribution is 5.80. The van der Waals surface area contributed by atoms with Crippen molar-refractivity contribution in [1.82, 2.24) is 25.5 Å². The van der Waals surface area contributed by atoms with Crippen LogP contribution in [0.5, 0.6) is 17.5 Å². The lowest BCUT2D eigenvalue weighted by Crippen LogP contribution is -2.37. The maximum absolute atomic E-state index is 11.3. The zero-order valence-corrected chi connectivity index (χ0v) is 16.2. The predicted octanol–water partition coefficient (Wildman–Crippen LogP) is 2.05. The molecule has 1 fully saturated rings. The van der Waals surface area contributed by atoms with Crippen molar-refractivity contribution in [3.8, 4) is 23.2 Å². The van der Waals surface area contributed by atoms with Crippen LogP contribution >= 0.6 is 0 Å². The third-order valence-corrected chi connectivity index (χ3v) is 5.07. The lowest BCUT2D eigenvalue weighted by molar-refractivity contribution is -0.119. The van der Waals surface area contributed by atoms with Gasteiger partial charge in [0, 0.05) is 12.1 Å². The summed E-state index contributed by atoms with van der Waals surface area (Å²) in [7, 11) is 1.61. The number of carbonyl (C=O) groups excluding carboxylic acids is 1. The highest BCUT2D eigenvalue weighted by Gasteiger charge is 2.28. The fourth-order valence-corrected chi connectivity index (χ4v) is 3.44. The Morgan fingerprint density at radius 2 is 1.93 bits per heavy atom. The number of nitrogens with two attached hydrogens (primary N) is 1. The molecule has 1 aromatic heterocycles. The van der Waals surface area contributed by atoms with Gasteiger partial charge in [-0.15, -0.1) is 0 Å². The number of nitrogens with one attached hydrogen (secondary N) is 1. The molecule has 29 heavy (non-hydrogen) atoms. The van der Waals surface area contributed by atoms with E-state index < -0.39 is 0 Å². The molecule has 1 amide bonds. The number of carbonyl (C=O) groups is 1. The third-order valence-electron chi connectivity index (χ3n) is 5.07. The maximum atomic E-state index is 11.3. The molecule has 1 saturated heterocycles. The van der Waals surface area contributed by atoms with Gasteiger partial charge in [0.2, 0.25) is 5.91 Å². The van der Waals surface area contributed by atoms with E-state index in [0.29, 0.717) is 11.5 Å². The van der Waals surface area contributed by atoms with Crippen LogP contribution in [0.3, 0.4) is 0 Å². The van der Waals surface area contributed by atoms with Gasteiger partial charge in [-0.2, -0.15) is 4.68 Å². The number of ether oxygens (including phenoxy) is 2. The maximum Gasteiger partial charge on any atom is 0.345 e. The predicted molar refractivity (Wildman–Crippen MR) is 105 cm³/mol. The number of amides is 1. The summed E-state index contributed by atoms with van der Waals surface area (Å²) < 4.78 is 12.7. The molecule has 3 N–H and O–H groups in total. The van der Waals surface area contributed by atoms with Gasteiger partial charge < -0.3 is 15.2 Å². The summed E-state index contributed by atoms with van der Waals surface area (Å²) in [5.41, 5.74) is 8.20. The summed E-state index contributed by atoms with van der Waals surface area (Å²) in [6.45, 7) is 1.96. The van der Waals surface area contributed by atoms with Gasteiger partial charge in [-0.05, 0) is 59.5 Å². The number of aromatic nitrogens is 4. The van der Waals surface area contributed by atoms with Crippen LogP contribution in [0.25, 0.3) is 5.69 Å². The van der Waals surface area contributed by atoms with Crippen LogP contribution in [0, 0.1) is 6.92 Å². The zero-order chi connectivity index (χ0) is 20.4. The van der Waals surface area contributed by atoms with Crippen LogP contribution in [-0.2, 0) is 4.79 Å². The van der Waals surface area contributed by atoms with E-state index in [4.69, 9.17) is 15.2 Å². The third kappa shape index (κ3) is 3.90. The van der Waals surface area contributed by atoms with Crippen molar-refractivity contribution in [1.29, 1.82) is 0 Å². The minimum atomic E-state index is -0.313. The number of aryl methyl sites for hydroxylation is 1. The van der Waals surface area contributed by atoms with E-state index in [-0.39, 0.29) is 24.0 Å². The van der Waals surface area contributed by atoms with Crippen molar-refractivity contribution in [2.24, 2.45) is 5.73 Å². The number of hydrogen-bond donors (Lipinski definition) is 2. The second-order valence-corrected chi connectivity index (χ2v) is 6.95. The molecule has 0 bridgehead atoms. The highest BCUT2D eigenvalue weighted by Crippen LogP contribution is 2.29. The van der Waals surface area contributed by atoms with E-state index in [0.717, 1.165) is 29.7 Å². The molecule has 3 aromatic rings. The average Bonchev–Trinajstić information content (AvgIpc) is 3.39. The molecule has 2 atom stereocenters. The van der Waals surface area contributed by atoms with Gasteiger partial charge in [0.15, 0.2) is 0 Å². The molecular formula is C20H22N6O3. The van der Waals surface area contributed by atoms with Gasteiger partial charge in [-0.25, -0.2) is 0 Å². The molecule has 0 radical (unpaired) electrons. The molecule has 2 heterocycles. The number of benzene rings is 2. The molecule has 150 valence electrons. The number of tetrazole rings is 1. The van der Waals surface area contributed by atoms with Crippen molar-refractivity contribution in [2.75, 3.05) is 7.11 Å². The van der Waals surface area contributed by atoms with Gasteiger partial charge in [0.25, 0.3) is 0 Å². The van der Waals surface area contributed by atoms with E-state index in [1.54, 1.807) is 7.11 Å². The molecule has 9 heteroatoms. The number of rotatable bonds is 6. The van der Waals surface area contributed by atoms with Crippen LogP contribution in [0.4, 0.5) is 0 Å². The van der Waals surface area contributed by atoms with E-state index in [9.17, 15) is 4.79 Å². The minimum absolute atomic E-state index is 0.103. The fourth-order valence-electron chi connectivity index (χ4n) is 3.44. The summed E-state index contributed by atoms with van der Waals surface area (Å²) in [4.78, 5) is 11.3. The summed E-state index contributed by atoms with van der Waals surface area (Å²) in [5, 5.41) is 15.0. The van der Waals surface area contributed by atoms with Crippen LogP contribution in [0.15, 0.2) is 42.5 Å². The van der Waals surface area contributed by atoms with Gasteiger partial charge in [-0.3, -0.25) is 10.1 Å².